The van der Waals surface area contributed by atoms with E-state index in [1.54, 1.807) is 4.90 Å². The highest BCUT2D eigenvalue weighted by molar-refractivity contribution is 6.00. The molecular formula is C18H24N2O2. The quantitative estimate of drug-likeness (QED) is 0.933. The molecule has 1 saturated carbocycles. The minimum absolute atomic E-state index is 0.0491. The highest BCUT2D eigenvalue weighted by atomic mass is 16.2. The first-order valence-electron chi connectivity index (χ1n) is 8.22. The van der Waals surface area contributed by atoms with Crippen LogP contribution in [0.1, 0.15) is 43.2 Å². The Bertz CT molecular complexity index is 591. The van der Waals surface area contributed by atoms with Crippen molar-refractivity contribution in [3.63, 3.8) is 0 Å². The van der Waals surface area contributed by atoms with E-state index in [1.807, 2.05) is 32.0 Å². The van der Waals surface area contributed by atoms with E-state index in [4.69, 9.17) is 0 Å². The maximum absolute atomic E-state index is 12.4. The van der Waals surface area contributed by atoms with E-state index >= 15 is 0 Å². The van der Waals surface area contributed by atoms with E-state index in [-0.39, 0.29) is 17.7 Å². The van der Waals surface area contributed by atoms with Gasteiger partial charge in [-0.2, -0.15) is 0 Å². The SMILES string of the molecule is Cc1ccc(C)c(N2C[C@H](C(=O)NC3CCCC3)CC2=O)c1. The number of rotatable bonds is 3. The maximum Gasteiger partial charge on any atom is 0.227 e. The van der Waals surface area contributed by atoms with Crippen LogP contribution in [0.15, 0.2) is 18.2 Å². The van der Waals surface area contributed by atoms with E-state index in [1.165, 1.54) is 12.8 Å². The van der Waals surface area contributed by atoms with Gasteiger partial charge in [0, 0.05) is 24.7 Å². The third-order valence-corrected chi connectivity index (χ3v) is 4.85. The summed E-state index contributed by atoms with van der Waals surface area (Å²) in [5, 5.41) is 3.12. The number of hydrogen-bond acceptors (Lipinski definition) is 2. The number of aryl methyl sites for hydroxylation is 2. The van der Waals surface area contributed by atoms with E-state index in [2.05, 4.69) is 5.32 Å². The Hall–Kier alpha value is -1.84. The van der Waals surface area contributed by atoms with Gasteiger partial charge in [-0.25, -0.2) is 0 Å². The average molecular weight is 300 g/mol. The Morgan fingerprint density at radius 3 is 2.68 bits per heavy atom. The van der Waals surface area contributed by atoms with Gasteiger partial charge < -0.3 is 10.2 Å². The summed E-state index contributed by atoms with van der Waals surface area (Å²) in [5.41, 5.74) is 3.16. The second-order valence-corrected chi connectivity index (χ2v) is 6.69. The van der Waals surface area contributed by atoms with Crippen LogP contribution >= 0.6 is 0 Å². The van der Waals surface area contributed by atoms with Gasteiger partial charge in [0.1, 0.15) is 0 Å². The van der Waals surface area contributed by atoms with Crippen LogP contribution in [-0.2, 0) is 9.59 Å². The molecule has 0 spiro atoms. The van der Waals surface area contributed by atoms with Crippen LogP contribution in [0.25, 0.3) is 0 Å². The molecule has 4 heteroatoms. The first-order valence-corrected chi connectivity index (χ1v) is 8.22. The summed E-state index contributed by atoms with van der Waals surface area (Å²) < 4.78 is 0. The Labute approximate surface area is 131 Å². The number of nitrogens with one attached hydrogen (secondary N) is 1. The molecular weight excluding hydrogens is 276 g/mol. The lowest BCUT2D eigenvalue weighted by Crippen LogP contribution is -2.38. The lowest BCUT2D eigenvalue weighted by molar-refractivity contribution is -0.126. The molecule has 1 heterocycles. The zero-order valence-electron chi connectivity index (χ0n) is 13.4. The molecule has 1 saturated heterocycles. The van der Waals surface area contributed by atoms with Gasteiger partial charge in [-0.15, -0.1) is 0 Å². The van der Waals surface area contributed by atoms with Gasteiger partial charge in [0.2, 0.25) is 11.8 Å². The van der Waals surface area contributed by atoms with Crippen molar-refractivity contribution in [1.29, 1.82) is 0 Å². The number of amides is 2. The fourth-order valence-corrected chi connectivity index (χ4v) is 3.52. The summed E-state index contributed by atoms with van der Waals surface area (Å²) in [6.45, 7) is 4.53. The molecule has 0 bridgehead atoms. The summed E-state index contributed by atoms with van der Waals surface area (Å²) in [6, 6.07) is 6.43. The molecule has 0 radical (unpaired) electrons. The normalized spacial score (nSPS) is 22.4. The summed E-state index contributed by atoms with van der Waals surface area (Å²) in [7, 11) is 0. The van der Waals surface area contributed by atoms with Crippen LogP contribution in [0.5, 0.6) is 0 Å². The van der Waals surface area contributed by atoms with Crippen molar-refractivity contribution < 1.29 is 9.59 Å². The van der Waals surface area contributed by atoms with Crippen molar-refractivity contribution in [2.75, 3.05) is 11.4 Å². The van der Waals surface area contributed by atoms with E-state index in [0.29, 0.717) is 19.0 Å². The Balaban J connectivity index is 1.70. The van der Waals surface area contributed by atoms with Gasteiger partial charge in [-0.3, -0.25) is 9.59 Å². The molecule has 22 heavy (non-hydrogen) atoms. The minimum Gasteiger partial charge on any atom is -0.353 e. The fraction of sp³-hybridized carbons (Fsp3) is 0.556. The summed E-state index contributed by atoms with van der Waals surface area (Å²) >= 11 is 0. The molecule has 1 aliphatic carbocycles. The molecule has 0 aromatic heterocycles. The smallest absolute Gasteiger partial charge is 0.227 e. The largest absolute Gasteiger partial charge is 0.353 e. The highest BCUT2D eigenvalue weighted by Gasteiger charge is 2.36. The zero-order chi connectivity index (χ0) is 15.7. The molecule has 118 valence electrons. The van der Waals surface area contributed by atoms with Gasteiger partial charge in [-0.1, -0.05) is 25.0 Å². The lowest BCUT2D eigenvalue weighted by Gasteiger charge is -2.20. The van der Waals surface area contributed by atoms with Crippen LogP contribution in [-0.4, -0.2) is 24.4 Å². The Morgan fingerprint density at radius 2 is 1.95 bits per heavy atom. The molecule has 1 aromatic rings. The average Bonchev–Trinajstić information content (AvgIpc) is 3.11. The van der Waals surface area contributed by atoms with Crippen LogP contribution in [0, 0.1) is 19.8 Å². The van der Waals surface area contributed by atoms with Gasteiger partial charge >= 0.3 is 0 Å². The predicted molar refractivity (Wildman–Crippen MR) is 86.8 cm³/mol. The number of hydrogen-bond donors (Lipinski definition) is 1. The second kappa shape index (κ2) is 6.11. The van der Waals surface area contributed by atoms with Gasteiger partial charge in [0.25, 0.3) is 0 Å². The molecule has 4 nitrogen and oxygen atoms in total. The molecule has 2 aliphatic rings. The maximum atomic E-state index is 12.4. The predicted octanol–water partition coefficient (Wildman–Crippen LogP) is 2.72. The first kappa shape index (κ1) is 15.1. The molecule has 1 aromatic carbocycles. The fourth-order valence-electron chi connectivity index (χ4n) is 3.52. The van der Waals surface area contributed by atoms with Gasteiger partial charge in [0.15, 0.2) is 0 Å². The van der Waals surface area contributed by atoms with Crippen LogP contribution < -0.4 is 10.2 Å². The van der Waals surface area contributed by atoms with Gasteiger partial charge in [-0.05, 0) is 43.9 Å². The molecule has 1 N–H and O–H groups in total. The van der Waals surface area contributed by atoms with Crippen LogP contribution in [0.2, 0.25) is 0 Å². The van der Waals surface area contributed by atoms with Crippen LogP contribution in [0.3, 0.4) is 0 Å². The third-order valence-electron chi connectivity index (χ3n) is 4.85. The molecule has 2 amide bonds. The van der Waals surface area contributed by atoms with E-state index in [9.17, 15) is 9.59 Å². The van der Waals surface area contributed by atoms with Crippen molar-refractivity contribution in [3.8, 4) is 0 Å². The number of anilines is 1. The standard InChI is InChI=1S/C18H24N2O2/c1-12-7-8-13(2)16(9-12)20-11-14(10-17(20)21)18(22)19-15-5-3-4-6-15/h7-9,14-15H,3-6,10-11H2,1-2H3,(H,19,22)/t14-/m1/s1. The minimum atomic E-state index is -0.215. The Kier molecular flexibility index (Phi) is 4.19. The van der Waals surface area contributed by atoms with Crippen molar-refractivity contribution in [2.24, 2.45) is 5.92 Å². The van der Waals surface area contributed by atoms with E-state index < -0.39 is 0 Å². The monoisotopic (exact) mass is 300 g/mol. The summed E-state index contributed by atoms with van der Waals surface area (Å²) in [6.07, 6.45) is 4.87. The number of benzene rings is 1. The number of carbonyl (C=O) groups is 2. The first-order chi connectivity index (χ1) is 10.5. The van der Waals surface area contributed by atoms with Crippen molar-refractivity contribution in [3.05, 3.63) is 29.3 Å². The molecule has 0 unspecified atom stereocenters. The van der Waals surface area contributed by atoms with Crippen LogP contribution in [0.4, 0.5) is 5.69 Å². The third kappa shape index (κ3) is 3.01. The Morgan fingerprint density at radius 1 is 1.23 bits per heavy atom. The van der Waals surface area contributed by atoms with Crippen molar-refractivity contribution >= 4 is 17.5 Å². The van der Waals surface area contributed by atoms with Crippen molar-refractivity contribution in [2.45, 2.75) is 52.0 Å². The molecule has 1 atom stereocenters. The zero-order valence-corrected chi connectivity index (χ0v) is 13.4. The highest BCUT2D eigenvalue weighted by Crippen LogP contribution is 2.29. The van der Waals surface area contributed by atoms with E-state index in [0.717, 1.165) is 29.7 Å². The topological polar surface area (TPSA) is 49.4 Å². The summed E-state index contributed by atoms with van der Waals surface area (Å²) in [5.74, 6) is -0.110. The van der Waals surface area contributed by atoms with Crippen molar-refractivity contribution in [1.82, 2.24) is 5.32 Å². The number of nitrogens with zero attached hydrogens (tertiary/aromatic N) is 1. The molecule has 1 aliphatic heterocycles. The summed E-state index contributed by atoms with van der Waals surface area (Å²) in [4.78, 5) is 26.5. The van der Waals surface area contributed by atoms with Gasteiger partial charge in [0.05, 0.1) is 5.92 Å². The lowest BCUT2D eigenvalue weighted by atomic mass is 10.1. The second-order valence-electron chi connectivity index (χ2n) is 6.69. The molecule has 2 fully saturated rings. The molecule has 3 rings (SSSR count). The number of carbonyl (C=O) groups excluding carboxylic acids is 2.